The number of hydrogen-bond acceptors (Lipinski definition) is 5. The molecule has 1 aromatic carbocycles. The molecular weight excluding hydrogens is 292 g/mol. The number of piperazine rings is 1. The van der Waals surface area contributed by atoms with E-state index in [-0.39, 0.29) is 10.6 Å². The standard InChI is InChI=1S/C17H26N4O2/c1-14-3-4-16(21(22)23)13-17(14)20-7-5-15(6-8-20)19-11-9-18(2)10-12-19/h3-4,13,15H,5-12H2,1-2H3. The number of piperidine rings is 1. The van der Waals surface area contributed by atoms with Gasteiger partial charge in [0.1, 0.15) is 0 Å². The highest BCUT2D eigenvalue weighted by atomic mass is 16.6. The molecule has 6 nitrogen and oxygen atoms in total. The number of hydrogen-bond donors (Lipinski definition) is 0. The third-order valence-corrected chi connectivity index (χ3v) is 5.26. The Morgan fingerprint density at radius 2 is 1.74 bits per heavy atom. The fraction of sp³-hybridized carbons (Fsp3) is 0.647. The maximum absolute atomic E-state index is 11.0. The van der Waals surface area contributed by atoms with Gasteiger partial charge in [0.05, 0.1) is 4.92 Å². The lowest BCUT2D eigenvalue weighted by atomic mass is 10.0. The molecule has 3 rings (SSSR count). The van der Waals surface area contributed by atoms with E-state index in [0.717, 1.165) is 63.4 Å². The molecule has 2 aliphatic heterocycles. The highest BCUT2D eigenvalue weighted by Gasteiger charge is 2.27. The third-order valence-electron chi connectivity index (χ3n) is 5.26. The monoisotopic (exact) mass is 318 g/mol. The predicted octanol–water partition coefficient (Wildman–Crippen LogP) is 2.12. The Labute approximate surface area is 137 Å². The van der Waals surface area contributed by atoms with Gasteiger partial charge in [-0.05, 0) is 32.4 Å². The number of anilines is 1. The summed E-state index contributed by atoms with van der Waals surface area (Å²) in [5.74, 6) is 0. The third kappa shape index (κ3) is 3.64. The van der Waals surface area contributed by atoms with Crippen molar-refractivity contribution in [2.24, 2.45) is 0 Å². The Hall–Kier alpha value is -1.66. The summed E-state index contributed by atoms with van der Waals surface area (Å²) in [7, 11) is 2.19. The van der Waals surface area contributed by atoms with Gasteiger partial charge in [0.2, 0.25) is 0 Å². The van der Waals surface area contributed by atoms with Crippen molar-refractivity contribution < 1.29 is 4.92 Å². The predicted molar refractivity (Wildman–Crippen MR) is 92.1 cm³/mol. The molecule has 0 amide bonds. The van der Waals surface area contributed by atoms with E-state index in [1.807, 2.05) is 13.0 Å². The minimum atomic E-state index is -0.306. The van der Waals surface area contributed by atoms with Crippen molar-refractivity contribution in [2.75, 3.05) is 51.2 Å². The summed E-state index contributed by atoms with van der Waals surface area (Å²) in [5.41, 5.74) is 2.33. The number of nitro groups is 1. The summed E-state index contributed by atoms with van der Waals surface area (Å²) in [6.45, 7) is 8.64. The number of benzene rings is 1. The van der Waals surface area contributed by atoms with Crippen LogP contribution in [0.5, 0.6) is 0 Å². The van der Waals surface area contributed by atoms with Crippen LogP contribution in [0, 0.1) is 17.0 Å². The number of nitro benzene ring substituents is 1. The zero-order chi connectivity index (χ0) is 16.4. The molecule has 2 fully saturated rings. The van der Waals surface area contributed by atoms with Gasteiger partial charge in [-0.2, -0.15) is 0 Å². The van der Waals surface area contributed by atoms with Gasteiger partial charge in [-0.1, -0.05) is 6.07 Å². The molecule has 0 bridgehead atoms. The first kappa shape index (κ1) is 16.2. The van der Waals surface area contributed by atoms with Crippen LogP contribution in [0.1, 0.15) is 18.4 Å². The van der Waals surface area contributed by atoms with Gasteiger partial charge in [0.25, 0.3) is 5.69 Å². The van der Waals surface area contributed by atoms with E-state index >= 15 is 0 Å². The van der Waals surface area contributed by atoms with Gasteiger partial charge in [-0.25, -0.2) is 0 Å². The fourth-order valence-corrected chi connectivity index (χ4v) is 3.71. The normalized spacial score (nSPS) is 21.6. The Morgan fingerprint density at radius 3 is 2.35 bits per heavy atom. The average Bonchev–Trinajstić information content (AvgIpc) is 2.56. The highest BCUT2D eigenvalue weighted by Crippen LogP contribution is 2.29. The average molecular weight is 318 g/mol. The second kappa shape index (κ2) is 6.84. The molecule has 1 aromatic rings. The van der Waals surface area contributed by atoms with Gasteiger partial charge in [-0.15, -0.1) is 0 Å². The van der Waals surface area contributed by atoms with Crippen molar-refractivity contribution in [2.45, 2.75) is 25.8 Å². The largest absolute Gasteiger partial charge is 0.371 e. The van der Waals surface area contributed by atoms with E-state index in [2.05, 4.69) is 21.7 Å². The molecule has 0 radical (unpaired) electrons. The number of likely N-dealkylation sites (N-methyl/N-ethyl adjacent to an activating group) is 1. The molecule has 6 heteroatoms. The maximum Gasteiger partial charge on any atom is 0.271 e. The van der Waals surface area contributed by atoms with Gasteiger partial charge in [0, 0.05) is 63.1 Å². The van der Waals surface area contributed by atoms with E-state index < -0.39 is 0 Å². The molecule has 0 saturated carbocycles. The first-order valence-electron chi connectivity index (χ1n) is 8.47. The second-order valence-corrected chi connectivity index (χ2v) is 6.79. The van der Waals surface area contributed by atoms with Crippen LogP contribution in [0.2, 0.25) is 0 Å². The molecule has 2 aliphatic rings. The summed E-state index contributed by atoms with van der Waals surface area (Å²) in [6, 6.07) is 5.85. The fourth-order valence-electron chi connectivity index (χ4n) is 3.71. The molecule has 2 heterocycles. The van der Waals surface area contributed by atoms with Crippen molar-refractivity contribution >= 4 is 11.4 Å². The van der Waals surface area contributed by atoms with Crippen molar-refractivity contribution in [3.8, 4) is 0 Å². The summed E-state index contributed by atoms with van der Waals surface area (Å²) < 4.78 is 0. The van der Waals surface area contributed by atoms with Crippen LogP contribution in [0.15, 0.2) is 18.2 Å². The summed E-state index contributed by atoms with van der Waals surface area (Å²) in [5, 5.41) is 11.0. The molecule has 0 N–H and O–H groups in total. The van der Waals surface area contributed by atoms with Crippen LogP contribution in [-0.2, 0) is 0 Å². The van der Waals surface area contributed by atoms with Gasteiger partial charge in [0.15, 0.2) is 0 Å². The van der Waals surface area contributed by atoms with E-state index in [1.165, 1.54) is 0 Å². The first-order valence-corrected chi connectivity index (χ1v) is 8.47. The number of nitrogens with zero attached hydrogens (tertiary/aromatic N) is 4. The van der Waals surface area contributed by atoms with E-state index in [9.17, 15) is 10.1 Å². The molecule has 0 spiro atoms. The van der Waals surface area contributed by atoms with Gasteiger partial charge in [-0.3, -0.25) is 15.0 Å². The van der Waals surface area contributed by atoms with Crippen molar-refractivity contribution in [3.05, 3.63) is 33.9 Å². The molecule has 0 aromatic heterocycles. The van der Waals surface area contributed by atoms with Crippen molar-refractivity contribution in [3.63, 3.8) is 0 Å². The zero-order valence-electron chi connectivity index (χ0n) is 14.1. The minimum Gasteiger partial charge on any atom is -0.371 e. The minimum absolute atomic E-state index is 0.187. The highest BCUT2D eigenvalue weighted by molar-refractivity contribution is 5.59. The summed E-state index contributed by atoms with van der Waals surface area (Å²) in [6.07, 6.45) is 2.29. The molecule has 0 aliphatic carbocycles. The number of rotatable bonds is 3. The quantitative estimate of drug-likeness (QED) is 0.631. The molecule has 2 saturated heterocycles. The van der Waals surface area contributed by atoms with Crippen molar-refractivity contribution in [1.82, 2.24) is 9.80 Å². The Balaban J connectivity index is 1.63. The first-order chi connectivity index (χ1) is 11.0. The van der Waals surface area contributed by atoms with Crippen LogP contribution < -0.4 is 4.90 Å². The maximum atomic E-state index is 11.0. The molecule has 23 heavy (non-hydrogen) atoms. The van der Waals surface area contributed by atoms with Crippen LogP contribution in [0.4, 0.5) is 11.4 Å². The lowest BCUT2D eigenvalue weighted by molar-refractivity contribution is -0.384. The van der Waals surface area contributed by atoms with Crippen LogP contribution in [-0.4, -0.2) is 67.1 Å². The molecule has 126 valence electrons. The lowest BCUT2D eigenvalue weighted by Gasteiger charge is -2.42. The number of non-ortho nitro benzene ring substituents is 1. The van der Waals surface area contributed by atoms with Gasteiger partial charge >= 0.3 is 0 Å². The van der Waals surface area contributed by atoms with Crippen LogP contribution in [0.3, 0.4) is 0 Å². The van der Waals surface area contributed by atoms with E-state index in [0.29, 0.717) is 6.04 Å². The zero-order valence-corrected chi connectivity index (χ0v) is 14.1. The molecule has 0 unspecified atom stereocenters. The SMILES string of the molecule is Cc1ccc([N+](=O)[O-])cc1N1CCC(N2CCN(C)CC2)CC1. The Kier molecular flexibility index (Phi) is 4.82. The summed E-state index contributed by atoms with van der Waals surface area (Å²) >= 11 is 0. The second-order valence-electron chi connectivity index (χ2n) is 6.79. The Morgan fingerprint density at radius 1 is 1.09 bits per heavy atom. The van der Waals surface area contributed by atoms with E-state index in [4.69, 9.17) is 0 Å². The van der Waals surface area contributed by atoms with Crippen LogP contribution in [0.25, 0.3) is 0 Å². The topological polar surface area (TPSA) is 52.9 Å². The molecule has 0 atom stereocenters. The van der Waals surface area contributed by atoms with E-state index in [1.54, 1.807) is 12.1 Å². The number of aryl methyl sites for hydroxylation is 1. The van der Waals surface area contributed by atoms with Gasteiger partial charge < -0.3 is 9.80 Å². The van der Waals surface area contributed by atoms with Crippen LogP contribution >= 0.6 is 0 Å². The Bertz CT molecular complexity index is 562. The summed E-state index contributed by atoms with van der Waals surface area (Å²) in [4.78, 5) is 18.0. The lowest BCUT2D eigenvalue weighted by Crippen LogP contribution is -2.52. The van der Waals surface area contributed by atoms with Crippen molar-refractivity contribution in [1.29, 1.82) is 0 Å². The molecular formula is C17H26N4O2. The smallest absolute Gasteiger partial charge is 0.271 e.